The Labute approximate surface area is 185 Å². The van der Waals surface area contributed by atoms with Crippen LogP contribution >= 0.6 is 0 Å². The number of amides is 2. The predicted molar refractivity (Wildman–Crippen MR) is 123 cm³/mol. The quantitative estimate of drug-likeness (QED) is 0.355. The van der Waals surface area contributed by atoms with Crippen molar-refractivity contribution in [3.63, 3.8) is 0 Å². The second kappa shape index (κ2) is 8.11. The molecule has 0 atom stereocenters. The molecule has 0 unspecified atom stereocenters. The van der Waals surface area contributed by atoms with Gasteiger partial charge in [0.25, 0.3) is 17.5 Å². The fourth-order valence-electron chi connectivity index (χ4n) is 3.61. The Morgan fingerprint density at radius 1 is 0.844 bits per heavy atom. The second-order valence-corrected chi connectivity index (χ2v) is 7.71. The maximum absolute atomic E-state index is 13.4. The van der Waals surface area contributed by atoms with Crippen LogP contribution in [0.25, 0.3) is 5.57 Å². The van der Waals surface area contributed by atoms with Crippen molar-refractivity contribution in [2.45, 2.75) is 20.8 Å². The SMILES string of the molecule is Cc1ccc(N2C(=O)C(Nc3cccc(C)c3C)=C(c3ccc([N+](=O)[O-])cc3)C2=O)cc1. The molecule has 3 aromatic carbocycles. The minimum absolute atomic E-state index is 0.0921. The van der Waals surface area contributed by atoms with Gasteiger partial charge in [-0.2, -0.15) is 0 Å². The molecule has 1 aliphatic heterocycles. The van der Waals surface area contributed by atoms with Crippen LogP contribution in [0.1, 0.15) is 22.3 Å². The zero-order valence-corrected chi connectivity index (χ0v) is 17.9. The lowest BCUT2D eigenvalue weighted by molar-refractivity contribution is -0.384. The molecule has 2 amide bonds. The fourth-order valence-corrected chi connectivity index (χ4v) is 3.61. The van der Waals surface area contributed by atoms with Gasteiger partial charge in [0, 0.05) is 17.8 Å². The number of nitrogens with zero attached hydrogens (tertiary/aromatic N) is 2. The van der Waals surface area contributed by atoms with Gasteiger partial charge < -0.3 is 5.32 Å². The monoisotopic (exact) mass is 427 g/mol. The minimum Gasteiger partial charge on any atom is -0.350 e. The Morgan fingerprint density at radius 3 is 2.12 bits per heavy atom. The maximum Gasteiger partial charge on any atom is 0.282 e. The van der Waals surface area contributed by atoms with E-state index in [0.717, 1.165) is 21.6 Å². The number of hydrogen-bond donors (Lipinski definition) is 1. The topological polar surface area (TPSA) is 92.6 Å². The third kappa shape index (κ3) is 3.65. The van der Waals surface area contributed by atoms with Crippen molar-refractivity contribution in [2.24, 2.45) is 0 Å². The normalized spacial score (nSPS) is 13.7. The molecule has 1 heterocycles. The second-order valence-electron chi connectivity index (χ2n) is 7.71. The van der Waals surface area contributed by atoms with Crippen LogP contribution < -0.4 is 10.2 Å². The summed E-state index contributed by atoms with van der Waals surface area (Å²) in [4.78, 5) is 38.5. The first-order valence-corrected chi connectivity index (χ1v) is 10.1. The molecule has 0 saturated heterocycles. The number of rotatable bonds is 5. The van der Waals surface area contributed by atoms with E-state index < -0.39 is 16.7 Å². The van der Waals surface area contributed by atoms with E-state index in [1.54, 1.807) is 12.1 Å². The predicted octanol–water partition coefficient (Wildman–Crippen LogP) is 4.92. The van der Waals surface area contributed by atoms with Crippen LogP contribution in [0.5, 0.6) is 0 Å². The number of anilines is 2. The summed E-state index contributed by atoms with van der Waals surface area (Å²) >= 11 is 0. The van der Waals surface area contributed by atoms with Gasteiger partial charge in [-0.15, -0.1) is 0 Å². The highest BCUT2D eigenvalue weighted by Crippen LogP contribution is 2.35. The van der Waals surface area contributed by atoms with Crippen molar-refractivity contribution in [3.05, 3.63) is 105 Å². The number of nitro groups is 1. The molecular formula is C25H21N3O4. The smallest absolute Gasteiger partial charge is 0.282 e. The van der Waals surface area contributed by atoms with Crippen LogP contribution in [0.4, 0.5) is 17.1 Å². The summed E-state index contributed by atoms with van der Waals surface area (Å²) in [6, 6.07) is 18.4. The van der Waals surface area contributed by atoms with Gasteiger partial charge in [-0.3, -0.25) is 19.7 Å². The highest BCUT2D eigenvalue weighted by atomic mass is 16.6. The van der Waals surface area contributed by atoms with Gasteiger partial charge in [0.15, 0.2) is 0 Å². The van der Waals surface area contributed by atoms with Gasteiger partial charge >= 0.3 is 0 Å². The highest BCUT2D eigenvalue weighted by Gasteiger charge is 2.40. The van der Waals surface area contributed by atoms with E-state index in [-0.39, 0.29) is 17.0 Å². The van der Waals surface area contributed by atoms with Crippen LogP contribution in [-0.4, -0.2) is 16.7 Å². The van der Waals surface area contributed by atoms with Crippen molar-refractivity contribution < 1.29 is 14.5 Å². The molecule has 3 aromatic rings. The number of benzene rings is 3. The molecule has 0 bridgehead atoms. The molecule has 7 nitrogen and oxygen atoms in total. The van der Waals surface area contributed by atoms with E-state index in [1.165, 1.54) is 24.3 Å². The van der Waals surface area contributed by atoms with Crippen LogP contribution in [0, 0.1) is 30.9 Å². The Morgan fingerprint density at radius 2 is 1.50 bits per heavy atom. The standard InChI is InChI=1S/C25H21N3O4/c1-15-7-11-19(12-8-15)27-24(29)22(18-9-13-20(14-10-18)28(31)32)23(25(27)30)26-21-6-4-5-16(2)17(21)3/h4-14,26H,1-3H3. The van der Waals surface area contributed by atoms with Gasteiger partial charge in [0.05, 0.1) is 16.2 Å². The van der Waals surface area contributed by atoms with Gasteiger partial charge in [-0.1, -0.05) is 29.8 Å². The highest BCUT2D eigenvalue weighted by molar-refractivity contribution is 6.46. The molecular weight excluding hydrogens is 406 g/mol. The summed E-state index contributed by atoms with van der Waals surface area (Å²) in [6.07, 6.45) is 0. The number of nitrogens with one attached hydrogen (secondary N) is 1. The molecule has 32 heavy (non-hydrogen) atoms. The summed E-state index contributed by atoms with van der Waals surface area (Å²) in [6.45, 7) is 5.82. The largest absolute Gasteiger partial charge is 0.350 e. The zero-order chi connectivity index (χ0) is 23.0. The summed E-state index contributed by atoms with van der Waals surface area (Å²) < 4.78 is 0. The first-order chi connectivity index (χ1) is 15.3. The van der Waals surface area contributed by atoms with E-state index in [1.807, 2.05) is 51.1 Å². The lowest BCUT2D eigenvalue weighted by Crippen LogP contribution is -2.32. The third-order valence-electron chi connectivity index (χ3n) is 5.61. The maximum atomic E-state index is 13.4. The van der Waals surface area contributed by atoms with E-state index in [2.05, 4.69) is 5.32 Å². The number of nitro benzene ring substituents is 1. The lowest BCUT2D eigenvalue weighted by Gasteiger charge is -2.16. The molecule has 0 saturated carbocycles. The molecule has 7 heteroatoms. The number of aryl methyl sites for hydroxylation is 2. The number of hydrogen-bond acceptors (Lipinski definition) is 5. The van der Waals surface area contributed by atoms with Gasteiger partial charge in [-0.05, 0) is 67.8 Å². The van der Waals surface area contributed by atoms with E-state index in [4.69, 9.17) is 0 Å². The average Bonchev–Trinajstić information content (AvgIpc) is 3.01. The van der Waals surface area contributed by atoms with E-state index in [0.29, 0.717) is 16.9 Å². The summed E-state index contributed by atoms with van der Waals surface area (Å²) in [5.41, 5.74) is 4.82. The first kappa shape index (κ1) is 21.0. The lowest BCUT2D eigenvalue weighted by atomic mass is 10.0. The number of carbonyl (C=O) groups excluding carboxylic acids is 2. The van der Waals surface area contributed by atoms with E-state index >= 15 is 0 Å². The Bertz CT molecular complexity index is 1280. The number of imide groups is 1. The summed E-state index contributed by atoms with van der Waals surface area (Å²) in [5, 5.41) is 14.2. The van der Waals surface area contributed by atoms with Gasteiger partial charge in [-0.25, -0.2) is 4.90 Å². The zero-order valence-electron chi connectivity index (χ0n) is 17.9. The molecule has 1 N–H and O–H groups in total. The fraction of sp³-hybridized carbons (Fsp3) is 0.120. The Hall–Kier alpha value is -4.26. The molecule has 1 aliphatic rings. The van der Waals surface area contributed by atoms with E-state index in [9.17, 15) is 19.7 Å². The summed E-state index contributed by atoms with van der Waals surface area (Å²) in [7, 11) is 0. The Balaban J connectivity index is 1.84. The molecule has 0 aliphatic carbocycles. The number of carbonyl (C=O) groups is 2. The minimum atomic E-state index is -0.506. The van der Waals surface area contributed by atoms with Crippen molar-refractivity contribution in [1.82, 2.24) is 0 Å². The molecule has 0 aromatic heterocycles. The molecule has 0 radical (unpaired) electrons. The van der Waals surface area contributed by atoms with Crippen LogP contribution in [0.2, 0.25) is 0 Å². The first-order valence-electron chi connectivity index (χ1n) is 10.1. The third-order valence-corrected chi connectivity index (χ3v) is 5.61. The number of non-ortho nitro benzene ring substituents is 1. The van der Waals surface area contributed by atoms with Gasteiger partial charge in [0.2, 0.25) is 0 Å². The van der Waals surface area contributed by atoms with Crippen LogP contribution in [0.15, 0.2) is 72.4 Å². The van der Waals surface area contributed by atoms with Crippen molar-refractivity contribution in [2.75, 3.05) is 10.2 Å². The van der Waals surface area contributed by atoms with Crippen molar-refractivity contribution >= 4 is 34.4 Å². The molecule has 0 spiro atoms. The molecule has 160 valence electrons. The van der Waals surface area contributed by atoms with Crippen molar-refractivity contribution in [1.29, 1.82) is 0 Å². The van der Waals surface area contributed by atoms with Crippen LogP contribution in [0.3, 0.4) is 0 Å². The Kier molecular flexibility index (Phi) is 5.32. The van der Waals surface area contributed by atoms with Gasteiger partial charge in [0.1, 0.15) is 5.70 Å². The van der Waals surface area contributed by atoms with Crippen molar-refractivity contribution in [3.8, 4) is 0 Å². The molecule has 0 fully saturated rings. The average molecular weight is 427 g/mol. The summed E-state index contributed by atoms with van der Waals surface area (Å²) in [5.74, 6) is -0.964. The molecule has 4 rings (SSSR count). The van der Waals surface area contributed by atoms with Crippen LogP contribution in [-0.2, 0) is 9.59 Å².